The highest BCUT2D eigenvalue weighted by atomic mass is 16.7. The first-order valence-corrected chi connectivity index (χ1v) is 4.89. The summed E-state index contributed by atoms with van der Waals surface area (Å²) in [6.07, 6.45) is 0.150. The number of hydrogen-bond acceptors (Lipinski definition) is 4. The first-order chi connectivity index (χ1) is 7.59. The Morgan fingerprint density at radius 1 is 1.19 bits per heavy atom. The van der Waals surface area contributed by atoms with E-state index in [0.29, 0.717) is 11.3 Å². The van der Waals surface area contributed by atoms with Gasteiger partial charge in [0.25, 0.3) is 0 Å². The van der Waals surface area contributed by atoms with Crippen LogP contribution in [0, 0.1) is 0 Å². The lowest BCUT2D eigenvalue weighted by Gasteiger charge is -2.00. The third-order valence-corrected chi connectivity index (χ3v) is 1.84. The number of rotatable bonds is 4. The molecule has 1 aromatic rings. The molecule has 0 spiro atoms. The van der Waals surface area contributed by atoms with Crippen molar-refractivity contribution < 1.29 is 14.4 Å². The van der Waals surface area contributed by atoms with Crippen LogP contribution in [-0.2, 0) is 9.63 Å². The van der Waals surface area contributed by atoms with Gasteiger partial charge < -0.3 is 4.84 Å². The fourth-order valence-electron chi connectivity index (χ4n) is 1.13. The van der Waals surface area contributed by atoms with Crippen LogP contribution in [0.15, 0.2) is 35.5 Å². The maximum atomic E-state index is 11.7. The molecule has 0 heterocycles. The summed E-state index contributed by atoms with van der Waals surface area (Å²) in [5, 5.41) is 3.54. The Hall–Kier alpha value is -1.97. The predicted octanol–water partition coefficient (Wildman–Crippen LogP) is 2.20. The van der Waals surface area contributed by atoms with Crippen molar-refractivity contribution in [3.05, 3.63) is 35.9 Å². The van der Waals surface area contributed by atoms with Gasteiger partial charge in [0.2, 0.25) is 0 Å². The van der Waals surface area contributed by atoms with Crippen LogP contribution >= 0.6 is 0 Å². The molecule has 84 valence electrons. The summed E-state index contributed by atoms with van der Waals surface area (Å²) in [5.74, 6) is -0.541. The molecule has 0 fully saturated rings. The van der Waals surface area contributed by atoms with E-state index in [1.807, 2.05) is 6.07 Å². The van der Waals surface area contributed by atoms with Crippen molar-refractivity contribution in [2.24, 2.45) is 5.16 Å². The normalized spacial score (nSPS) is 11.0. The standard InChI is InChI=1S/C12H13NO3/c1-9(13-16-10(2)14)8-12(15)11-6-4-3-5-7-11/h3-7H,8H2,1-2H3. The van der Waals surface area contributed by atoms with E-state index in [2.05, 4.69) is 9.99 Å². The Kier molecular flexibility index (Phi) is 4.39. The van der Waals surface area contributed by atoms with E-state index in [9.17, 15) is 9.59 Å². The zero-order valence-electron chi connectivity index (χ0n) is 9.27. The molecule has 0 unspecified atom stereocenters. The molecule has 0 saturated heterocycles. The lowest BCUT2D eigenvalue weighted by molar-refractivity contribution is -0.140. The van der Waals surface area contributed by atoms with E-state index >= 15 is 0 Å². The fourth-order valence-corrected chi connectivity index (χ4v) is 1.13. The van der Waals surface area contributed by atoms with Gasteiger partial charge in [-0.1, -0.05) is 35.5 Å². The van der Waals surface area contributed by atoms with Gasteiger partial charge in [0.1, 0.15) is 0 Å². The molecule has 1 rings (SSSR count). The van der Waals surface area contributed by atoms with E-state index in [0.717, 1.165) is 0 Å². The maximum absolute atomic E-state index is 11.7. The van der Waals surface area contributed by atoms with Crippen molar-refractivity contribution in [3.63, 3.8) is 0 Å². The summed E-state index contributed by atoms with van der Waals surface area (Å²) in [5.41, 5.74) is 1.10. The minimum Gasteiger partial charge on any atom is -0.319 e. The van der Waals surface area contributed by atoms with Crippen molar-refractivity contribution in [2.75, 3.05) is 0 Å². The third-order valence-electron chi connectivity index (χ3n) is 1.84. The maximum Gasteiger partial charge on any atom is 0.331 e. The van der Waals surface area contributed by atoms with Crippen molar-refractivity contribution in [1.29, 1.82) is 0 Å². The van der Waals surface area contributed by atoms with E-state index in [4.69, 9.17) is 0 Å². The average Bonchev–Trinajstić information content (AvgIpc) is 2.27. The van der Waals surface area contributed by atoms with Gasteiger partial charge in [-0.05, 0) is 6.92 Å². The molecule has 0 aliphatic carbocycles. The van der Waals surface area contributed by atoms with Crippen LogP contribution in [0.25, 0.3) is 0 Å². The molecule has 16 heavy (non-hydrogen) atoms. The molecule has 4 heteroatoms. The van der Waals surface area contributed by atoms with Crippen LogP contribution in [0.2, 0.25) is 0 Å². The zero-order valence-corrected chi connectivity index (χ0v) is 9.27. The molecular weight excluding hydrogens is 206 g/mol. The minimum atomic E-state index is -0.494. The third kappa shape index (κ3) is 4.04. The quantitative estimate of drug-likeness (QED) is 0.337. The summed E-state index contributed by atoms with van der Waals surface area (Å²) in [4.78, 5) is 26.6. The summed E-state index contributed by atoms with van der Waals surface area (Å²) in [6.45, 7) is 2.90. The van der Waals surface area contributed by atoms with Gasteiger partial charge in [0.05, 0.1) is 12.1 Å². The second-order valence-corrected chi connectivity index (χ2v) is 3.38. The number of nitrogens with zero attached hydrogens (tertiary/aromatic N) is 1. The highest BCUT2D eigenvalue weighted by molar-refractivity contribution is 6.08. The number of carbonyl (C=O) groups excluding carboxylic acids is 2. The second-order valence-electron chi connectivity index (χ2n) is 3.38. The van der Waals surface area contributed by atoms with E-state index < -0.39 is 5.97 Å². The predicted molar refractivity (Wildman–Crippen MR) is 60.3 cm³/mol. The summed E-state index contributed by atoms with van der Waals surface area (Å²) >= 11 is 0. The van der Waals surface area contributed by atoms with Gasteiger partial charge in [-0.2, -0.15) is 0 Å². The molecule has 0 aromatic heterocycles. The molecule has 0 aliphatic heterocycles. The van der Waals surface area contributed by atoms with Crippen molar-refractivity contribution >= 4 is 17.5 Å². The number of Topliss-reactive ketones (excluding diaryl/α,β-unsaturated/α-hetero) is 1. The highest BCUT2D eigenvalue weighted by Gasteiger charge is 2.07. The minimum absolute atomic E-state index is 0.0472. The Morgan fingerprint density at radius 2 is 1.81 bits per heavy atom. The Labute approximate surface area is 93.9 Å². The summed E-state index contributed by atoms with van der Waals surface area (Å²) < 4.78 is 0. The lowest BCUT2D eigenvalue weighted by atomic mass is 10.1. The van der Waals surface area contributed by atoms with Crippen LogP contribution in [-0.4, -0.2) is 17.5 Å². The number of hydrogen-bond donors (Lipinski definition) is 0. The molecule has 0 atom stereocenters. The van der Waals surface area contributed by atoms with Gasteiger partial charge in [-0.15, -0.1) is 0 Å². The van der Waals surface area contributed by atoms with Crippen LogP contribution in [0.1, 0.15) is 30.6 Å². The number of carbonyl (C=O) groups is 2. The van der Waals surface area contributed by atoms with Gasteiger partial charge in [-0.25, -0.2) is 4.79 Å². The monoisotopic (exact) mass is 219 g/mol. The molecule has 0 saturated carbocycles. The van der Waals surface area contributed by atoms with Crippen LogP contribution in [0.3, 0.4) is 0 Å². The molecular formula is C12H13NO3. The molecule has 0 aliphatic rings. The first kappa shape index (κ1) is 12.1. The molecule has 0 amide bonds. The largest absolute Gasteiger partial charge is 0.331 e. The molecule has 0 bridgehead atoms. The van der Waals surface area contributed by atoms with Crippen LogP contribution < -0.4 is 0 Å². The zero-order chi connectivity index (χ0) is 12.0. The topological polar surface area (TPSA) is 55.7 Å². The van der Waals surface area contributed by atoms with E-state index in [1.54, 1.807) is 31.2 Å². The average molecular weight is 219 g/mol. The molecule has 1 aromatic carbocycles. The number of benzene rings is 1. The first-order valence-electron chi connectivity index (χ1n) is 4.89. The lowest BCUT2D eigenvalue weighted by Crippen LogP contribution is -2.06. The number of oxime groups is 1. The summed E-state index contributed by atoms with van der Waals surface area (Å²) in [6, 6.07) is 8.91. The van der Waals surface area contributed by atoms with Gasteiger partial charge in [0, 0.05) is 12.5 Å². The smallest absolute Gasteiger partial charge is 0.319 e. The molecule has 0 radical (unpaired) electrons. The van der Waals surface area contributed by atoms with Gasteiger partial charge in [0.15, 0.2) is 5.78 Å². The summed E-state index contributed by atoms with van der Waals surface area (Å²) in [7, 11) is 0. The Balaban J connectivity index is 2.58. The second kappa shape index (κ2) is 5.80. The van der Waals surface area contributed by atoms with Gasteiger partial charge >= 0.3 is 5.97 Å². The van der Waals surface area contributed by atoms with Crippen molar-refractivity contribution in [3.8, 4) is 0 Å². The van der Waals surface area contributed by atoms with Crippen LogP contribution in [0.4, 0.5) is 0 Å². The number of ketones is 1. The molecule has 0 N–H and O–H groups in total. The SMILES string of the molecule is CC(=O)ON=C(C)CC(=O)c1ccccc1. The molecule has 4 nitrogen and oxygen atoms in total. The van der Waals surface area contributed by atoms with Crippen molar-refractivity contribution in [2.45, 2.75) is 20.3 Å². The van der Waals surface area contributed by atoms with E-state index in [-0.39, 0.29) is 12.2 Å². The highest BCUT2D eigenvalue weighted by Crippen LogP contribution is 2.04. The van der Waals surface area contributed by atoms with E-state index in [1.165, 1.54) is 6.92 Å². The van der Waals surface area contributed by atoms with Crippen LogP contribution in [0.5, 0.6) is 0 Å². The Bertz CT molecular complexity index is 410. The fraction of sp³-hybridized carbons (Fsp3) is 0.250. The van der Waals surface area contributed by atoms with Gasteiger partial charge in [-0.3, -0.25) is 4.79 Å². The Morgan fingerprint density at radius 3 is 2.38 bits per heavy atom. The van der Waals surface area contributed by atoms with Crippen molar-refractivity contribution in [1.82, 2.24) is 0 Å².